The maximum Gasteiger partial charge on any atom is 0.416 e. The van der Waals surface area contributed by atoms with Gasteiger partial charge in [0.1, 0.15) is 0 Å². The Balaban J connectivity index is 2.24. The lowest BCUT2D eigenvalue weighted by Gasteiger charge is -2.26. The Morgan fingerprint density at radius 2 is 1.78 bits per heavy atom. The molecule has 0 aromatic heterocycles. The number of hydrogen-bond acceptors (Lipinski definition) is 3. The number of nitrogens with one attached hydrogen (secondary N) is 1. The van der Waals surface area contributed by atoms with Crippen molar-refractivity contribution in [3.05, 3.63) is 34.7 Å². The van der Waals surface area contributed by atoms with E-state index in [1.807, 2.05) is 27.7 Å². The van der Waals surface area contributed by atoms with E-state index in [-0.39, 0.29) is 28.3 Å². The molecule has 1 aromatic carbocycles. The van der Waals surface area contributed by atoms with Crippen LogP contribution in [-0.2, 0) is 15.8 Å². The maximum atomic E-state index is 12.8. The highest BCUT2D eigenvalue weighted by molar-refractivity contribution is 8.04. The fourth-order valence-corrected chi connectivity index (χ4v) is 3.57. The normalized spacial score (nSPS) is 15.9. The monoisotopic (exact) mass is 400 g/mol. The second-order valence-electron chi connectivity index (χ2n) is 7.30. The second-order valence-corrected chi connectivity index (χ2v) is 8.39. The molecular formula is C19H23F3N2O2S. The Morgan fingerprint density at radius 3 is 2.30 bits per heavy atom. The van der Waals surface area contributed by atoms with Crippen molar-refractivity contribution in [3.8, 4) is 0 Å². The molecule has 0 atom stereocenters. The van der Waals surface area contributed by atoms with Gasteiger partial charge >= 0.3 is 6.18 Å². The number of alkyl halides is 3. The molecule has 148 valence electrons. The van der Waals surface area contributed by atoms with Crippen molar-refractivity contribution in [2.45, 2.75) is 38.8 Å². The number of hydrogen-bond donors (Lipinski definition) is 1. The summed E-state index contributed by atoms with van der Waals surface area (Å²) in [5.41, 5.74) is -0.726. The van der Waals surface area contributed by atoms with Gasteiger partial charge in [-0.25, -0.2) is 0 Å². The number of benzene rings is 1. The van der Waals surface area contributed by atoms with E-state index in [0.717, 1.165) is 23.9 Å². The Hall–Kier alpha value is -1.96. The standard InChI is InChI=1S/C19H23F3N2O2S/c1-11(2)9-24(10-12(3)4)17(25)8-16-18(26)23-14-7-13(19(20,21)22)5-6-15(14)27-16/h5-8,11-12H,9-10H2,1-4H3,(H,23,26)/b16-8+. The highest BCUT2D eigenvalue weighted by atomic mass is 32.2. The Labute approximate surface area is 161 Å². The molecule has 27 heavy (non-hydrogen) atoms. The molecule has 0 radical (unpaired) electrons. The largest absolute Gasteiger partial charge is 0.416 e. The zero-order valence-corrected chi connectivity index (χ0v) is 16.5. The van der Waals surface area contributed by atoms with Crippen LogP contribution in [-0.4, -0.2) is 29.8 Å². The van der Waals surface area contributed by atoms with Crippen molar-refractivity contribution in [3.63, 3.8) is 0 Å². The van der Waals surface area contributed by atoms with Crippen molar-refractivity contribution >= 4 is 29.3 Å². The molecule has 0 bridgehead atoms. The van der Waals surface area contributed by atoms with Gasteiger partial charge in [-0.2, -0.15) is 13.2 Å². The van der Waals surface area contributed by atoms with Crippen LogP contribution in [0.5, 0.6) is 0 Å². The van der Waals surface area contributed by atoms with Gasteiger partial charge in [0.2, 0.25) is 5.91 Å². The molecule has 1 heterocycles. The van der Waals surface area contributed by atoms with Gasteiger partial charge in [0, 0.05) is 24.1 Å². The number of rotatable bonds is 5. The molecule has 0 saturated carbocycles. The van der Waals surface area contributed by atoms with Crippen LogP contribution in [0.15, 0.2) is 34.1 Å². The van der Waals surface area contributed by atoms with E-state index >= 15 is 0 Å². The highest BCUT2D eigenvalue weighted by Crippen LogP contribution is 2.41. The molecule has 1 aliphatic rings. The van der Waals surface area contributed by atoms with Gasteiger partial charge in [0.05, 0.1) is 16.2 Å². The highest BCUT2D eigenvalue weighted by Gasteiger charge is 2.32. The van der Waals surface area contributed by atoms with E-state index < -0.39 is 17.6 Å². The molecule has 1 aliphatic heterocycles. The average molecular weight is 400 g/mol. The molecule has 0 saturated heterocycles. The number of fused-ring (bicyclic) bond motifs is 1. The van der Waals surface area contributed by atoms with Gasteiger partial charge in [0.25, 0.3) is 5.91 Å². The Morgan fingerprint density at radius 1 is 1.19 bits per heavy atom. The molecule has 0 fully saturated rings. The maximum absolute atomic E-state index is 12.8. The number of anilines is 1. The molecule has 0 unspecified atom stereocenters. The minimum Gasteiger partial charge on any atom is -0.339 e. The molecule has 0 spiro atoms. The predicted molar refractivity (Wildman–Crippen MR) is 100 cm³/mol. The van der Waals surface area contributed by atoms with Gasteiger partial charge < -0.3 is 10.2 Å². The number of thioether (sulfide) groups is 1. The minimum absolute atomic E-state index is 0.102. The molecule has 4 nitrogen and oxygen atoms in total. The van der Waals surface area contributed by atoms with E-state index in [0.29, 0.717) is 18.0 Å². The summed E-state index contributed by atoms with van der Waals surface area (Å²) in [6.45, 7) is 9.15. The summed E-state index contributed by atoms with van der Waals surface area (Å²) in [7, 11) is 0. The number of amides is 2. The molecule has 2 amide bonds. The topological polar surface area (TPSA) is 49.4 Å². The van der Waals surface area contributed by atoms with Crippen LogP contribution >= 0.6 is 11.8 Å². The van der Waals surface area contributed by atoms with Crippen molar-refractivity contribution in [2.75, 3.05) is 18.4 Å². The van der Waals surface area contributed by atoms with Crippen LogP contribution in [0, 0.1) is 11.8 Å². The van der Waals surface area contributed by atoms with Gasteiger partial charge in [-0.15, -0.1) is 0 Å². The van der Waals surface area contributed by atoms with E-state index in [9.17, 15) is 22.8 Å². The number of carbonyl (C=O) groups is 2. The molecular weight excluding hydrogens is 377 g/mol. The SMILES string of the molecule is CC(C)CN(CC(C)C)C(=O)/C=C1/Sc2ccc(C(F)(F)F)cc2NC1=O. The van der Waals surface area contributed by atoms with Gasteiger partial charge in [-0.1, -0.05) is 39.5 Å². The van der Waals surface area contributed by atoms with Crippen molar-refractivity contribution in [2.24, 2.45) is 11.8 Å². The van der Waals surface area contributed by atoms with E-state index in [1.54, 1.807) is 4.90 Å². The van der Waals surface area contributed by atoms with Gasteiger partial charge in [0.15, 0.2) is 0 Å². The second kappa shape index (κ2) is 8.37. The first-order valence-electron chi connectivity index (χ1n) is 8.68. The van der Waals surface area contributed by atoms with Crippen LogP contribution in [0.2, 0.25) is 0 Å². The number of carbonyl (C=O) groups excluding carboxylic acids is 2. The van der Waals surface area contributed by atoms with Crippen LogP contribution in [0.1, 0.15) is 33.3 Å². The Bertz CT molecular complexity index is 748. The van der Waals surface area contributed by atoms with Crippen LogP contribution in [0.4, 0.5) is 18.9 Å². The lowest BCUT2D eigenvalue weighted by molar-refractivity contribution is -0.137. The third kappa shape index (κ3) is 5.76. The Kier molecular flexibility index (Phi) is 6.62. The molecule has 1 aromatic rings. The molecule has 0 aliphatic carbocycles. The zero-order valence-electron chi connectivity index (χ0n) is 15.7. The van der Waals surface area contributed by atoms with Crippen molar-refractivity contribution in [1.82, 2.24) is 4.90 Å². The smallest absolute Gasteiger partial charge is 0.339 e. The summed E-state index contributed by atoms with van der Waals surface area (Å²) >= 11 is 1.00. The van der Waals surface area contributed by atoms with Crippen LogP contribution in [0.25, 0.3) is 0 Å². The quantitative estimate of drug-likeness (QED) is 0.724. The first kappa shape index (κ1) is 21.3. The summed E-state index contributed by atoms with van der Waals surface area (Å²) in [6.07, 6.45) is -3.21. The predicted octanol–water partition coefficient (Wildman–Crippen LogP) is 4.77. The summed E-state index contributed by atoms with van der Waals surface area (Å²) in [6, 6.07) is 3.18. The molecule has 1 N–H and O–H groups in total. The lowest BCUT2D eigenvalue weighted by atomic mass is 10.1. The van der Waals surface area contributed by atoms with Crippen molar-refractivity contribution in [1.29, 1.82) is 0 Å². The first-order valence-corrected chi connectivity index (χ1v) is 9.50. The van der Waals surface area contributed by atoms with Crippen LogP contribution in [0.3, 0.4) is 0 Å². The van der Waals surface area contributed by atoms with Gasteiger partial charge in [-0.05, 0) is 30.0 Å². The number of halogens is 3. The fraction of sp³-hybridized carbons (Fsp3) is 0.474. The summed E-state index contributed by atoms with van der Waals surface area (Å²) in [4.78, 5) is 27.2. The van der Waals surface area contributed by atoms with Gasteiger partial charge in [-0.3, -0.25) is 9.59 Å². The van der Waals surface area contributed by atoms with Crippen LogP contribution < -0.4 is 5.32 Å². The minimum atomic E-state index is -4.48. The van der Waals surface area contributed by atoms with E-state index in [2.05, 4.69) is 5.32 Å². The summed E-state index contributed by atoms with van der Waals surface area (Å²) < 4.78 is 38.5. The summed E-state index contributed by atoms with van der Waals surface area (Å²) in [5, 5.41) is 2.45. The average Bonchev–Trinajstić information content (AvgIpc) is 2.52. The molecule has 8 heteroatoms. The fourth-order valence-electron chi connectivity index (χ4n) is 2.68. The van der Waals surface area contributed by atoms with E-state index in [4.69, 9.17) is 0 Å². The summed E-state index contributed by atoms with van der Waals surface area (Å²) in [5.74, 6) is -0.291. The first-order chi connectivity index (χ1) is 12.5. The van der Waals surface area contributed by atoms with Crippen molar-refractivity contribution < 1.29 is 22.8 Å². The molecule has 2 rings (SSSR count). The lowest BCUT2D eigenvalue weighted by Crippen LogP contribution is -2.36. The number of nitrogens with zero attached hydrogens (tertiary/aromatic N) is 1. The third-order valence-corrected chi connectivity index (χ3v) is 4.84. The third-order valence-electron chi connectivity index (χ3n) is 3.74. The van der Waals surface area contributed by atoms with E-state index in [1.165, 1.54) is 12.1 Å². The zero-order chi connectivity index (χ0) is 20.4.